The van der Waals surface area contributed by atoms with Crippen molar-refractivity contribution in [2.24, 2.45) is 20.5 Å². The van der Waals surface area contributed by atoms with Crippen molar-refractivity contribution in [2.75, 3.05) is 14.2 Å². The molecule has 3 rings (SSSR count). The van der Waals surface area contributed by atoms with Gasteiger partial charge in [-0.15, -0.1) is 5.11 Å². The standard InChI is InChI=1S/C22H22N4O5S/c1-14-5-8-17(30-3)12-19(14)25-26-21-11-15(2)20(13-22(21)31-4)24-23-16-6-9-18(10-7-16)32(27,28)29/h5-13H,1-4H3,(H,27,28,29). The summed E-state index contributed by atoms with van der Waals surface area (Å²) in [7, 11) is -1.14. The van der Waals surface area contributed by atoms with Crippen molar-refractivity contribution >= 4 is 32.9 Å². The molecule has 0 radical (unpaired) electrons. The zero-order chi connectivity index (χ0) is 23.3. The number of hydrogen-bond donors (Lipinski definition) is 1. The minimum Gasteiger partial charge on any atom is -0.497 e. The van der Waals surface area contributed by atoms with Crippen LogP contribution in [0.3, 0.4) is 0 Å². The lowest BCUT2D eigenvalue weighted by Crippen LogP contribution is -1.96. The van der Waals surface area contributed by atoms with E-state index in [1.165, 1.54) is 31.4 Å². The molecular weight excluding hydrogens is 432 g/mol. The van der Waals surface area contributed by atoms with Crippen LogP contribution in [0.1, 0.15) is 11.1 Å². The van der Waals surface area contributed by atoms with Crippen molar-refractivity contribution < 1.29 is 22.4 Å². The van der Waals surface area contributed by atoms with E-state index in [0.717, 1.165) is 11.1 Å². The smallest absolute Gasteiger partial charge is 0.294 e. The zero-order valence-corrected chi connectivity index (χ0v) is 18.8. The van der Waals surface area contributed by atoms with Crippen LogP contribution < -0.4 is 9.47 Å². The molecule has 0 spiro atoms. The van der Waals surface area contributed by atoms with E-state index in [9.17, 15) is 8.42 Å². The molecule has 3 aromatic rings. The summed E-state index contributed by atoms with van der Waals surface area (Å²) < 4.78 is 42.0. The summed E-state index contributed by atoms with van der Waals surface area (Å²) in [5.41, 5.74) is 3.94. The number of methoxy groups -OCH3 is 2. The maximum atomic E-state index is 11.1. The topological polar surface area (TPSA) is 122 Å². The summed E-state index contributed by atoms with van der Waals surface area (Å²) in [5, 5.41) is 17.0. The third-order valence-electron chi connectivity index (χ3n) is 4.59. The van der Waals surface area contributed by atoms with E-state index in [2.05, 4.69) is 20.5 Å². The molecule has 3 aromatic carbocycles. The van der Waals surface area contributed by atoms with Gasteiger partial charge in [0.15, 0.2) is 0 Å². The molecule has 166 valence electrons. The molecule has 1 N–H and O–H groups in total. The van der Waals surface area contributed by atoms with E-state index in [4.69, 9.17) is 14.0 Å². The fourth-order valence-corrected chi connectivity index (χ4v) is 3.22. The molecule has 0 heterocycles. The van der Waals surface area contributed by atoms with E-state index in [0.29, 0.717) is 34.2 Å². The number of aryl methyl sites for hydroxylation is 2. The van der Waals surface area contributed by atoms with Gasteiger partial charge in [0, 0.05) is 12.1 Å². The number of ether oxygens (including phenoxy) is 2. The van der Waals surface area contributed by atoms with Gasteiger partial charge in [0.05, 0.1) is 36.2 Å². The van der Waals surface area contributed by atoms with Gasteiger partial charge in [-0.25, -0.2) is 0 Å². The predicted octanol–water partition coefficient (Wildman–Crippen LogP) is 6.40. The molecule has 32 heavy (non-hydrogen) atoms. The van der Waals surface area contributed by atoms with Crippen LogP contribution in [0, 0.1) is 13.8 Å². The Morgan fingerprint density at radius 1 is 0.719 bits per heavy atom. The van der Waals surface area contributed by atoms with Crippen LogP contribution in [0.5, 0.6) is 11.5 Å². The Labute approximate surface area is 186 Å². The van der Waals surface area contributed by atoms with Gasteiger partial charge in [-0.1, -0.05) is 6.07 Å². The average Bonchev–Trinajstić information content (AvgIpc) is 2.77. The van der Waals surface area contributed by atoms with Gasteiger partial charge in [0.2, 0.25) is 0 Å². The van der Waals surface area contributed by atoms with Crippen LogP contribution in [0.15, 0.2) is 79.9 Å². The largest absolute Gasteiger partial charge is 0.497 e. The SMILES string of the molecule is COc1ccc(C)c(N=Nc2cc(C)c(N=Nc3ccc(S(=O)(=O)O)cc3)cc2OC)c1. The molecule has 0 aliphatic carbocycles. The first-order valence-corrected chi connectivity index (χ1v) is 10.9. The van der Waals surface area contributed by atoms with Crippen molar-refractivity contribution in [1.29, 1.82) is 0 Å². The summed E-state index contributed by atoms with van der Waals surface area (Å²) in [6.07, 6.45) is 0. The number of rotatable bonds is 7. The fourth-order valence-electron chi connectivity index (χ4n) is 2.74. The van der Waals surface area contributed by atoms with Gasteiger partial charge in [-0.05, 0) is 61.4 Å². The molecule has 0 aliphatic rings. The normalized spacial score (nSPS) is 11.9. The second-order valence-electron chi connectivity index (χ2n) is 6.83. The second kappa shape index (κ2) is 9.67. The summed E-state index contributed by atoms with van der Waals surface area (Å²) in [5.74, 6) is 1.16. The monoisotopic (exact) mass is 454 g/mol. The summed E-state index contributed by atoms with van der Waals surface area (Å²) in [4.78, 5) is -0.213. The Morgan fingerprint density at radius 3 is 1.97 bits per heavy atom. The molecule has 0 saturated carbocycles. The van der Waals surface area contributed by atoms with Crippen LogP contribution in [0.2, 0.25) is 0 Å². The van der Waals surface area contributed by atoms with Crippen LogP contribution in [0.4, 0.5) is 22.7 Å². The fraction of sp³-hybridized carbons (Fsp3) is 0.182. The van der Waals surface area contributed by atoms with E-state index < -0.39 is 10.1 Å². The van der Waals surface area contributed by atoms with Crippen molar-refractivity contribution in [3.63, 3.8) is 0 Å². The number of hydrogen-bond acceptors (Lipinski definition) is 8. The lowest BCUT2D eigenvalue weighted by atomic mass is 10.1. The lowest BCUT2D eigenvalue weighted by Gasteiger charge is -2.08. The van der Waals surface area contributed by atoms with Gasteiger partial charge in [-0.2, -0.15) is 23.8 Å². The predicted molar refractivity (Wildman–Crippen MR) is 120 cm³/mol. The molecule has 0 saturated heterocycles. The highest BCUT2D eigenvalue weighted by Crippen LogP contribution is 2.37. The Balaban J connectivity index is 1.87. The van der Waals surface area contributed by atoms with E-state index in [1.54, 1.807) is 25.3 Å². The Kier molecular flexibility index (Phi) is 6.96. The molecular formula is C22H22N4O5S. The molecule has 0 fully saturated rings. The summed E-state index contributed by atoms with van der Waals surface area (Å²) >= 11 is 0. The van der Waals surface area contributed by atoms with Crippen LogP contribution in [-0.2, 0) is 10.1 Å². The first-order chi connectivity index (χ1) is 15.2. The zero-order valence-electron chi connectivity index (χ0n) is 18.0. The van der Waals surface area contributed by atoms with Crippen LogP contribution >= 0.6 is 0 Å². The summed E-state index contributed by atoms with van der Waals surface area (Å²) in [6, 6.07) is 14.4. The molecule has 9 nitrogen and oxygen atoms in total. The van der Waals surface area contributed by atoms with Gasteiger partial charge >= 0.3 is 0 Å². The Bertz CT molecular complexity index is 1290. The second-order valence-corrected chi connectivity index (χ2v) is 8.25. The number of azo groups is 2. The maximum Gasteiger partial charge on any atom is 0.294 e. The molecule has 0 aliphatic heterocycles. The van der Waals surface area contributed by atoms with Crippen LogP contribution in [-0.4, -0.2) is 27.2 Å². The highest BCUT2D eigenvalue weighted by molar-refractivity contribution is 7.85. The van der Waals surface area contributed by atoms with Crippen molar-refractivity contribution in [2.45, 2.75) is 18.7 Å². The highest BCUT2D eigenvalue weighted by Gasteiger charge is 2.10. The molecule has 10 heteroatoms. The van der Waals surface area contributed by atoms with Crippen LogP contribution in [0.25, 0.3) is 0 Å². The highest BCUT2D eigenvalue weighted by atomic mass is 32.2. The molecule has 0 unspecified atom stereocenters. The number of nitrogens with zero attached hydrogens (tertiary/aromatic N) is 4. The molecule has 0 amide bonds. The molecule has 0 atom stereocenters. The van der Waals surface area contributed by atoms with Gasteiger partial charge in [0.25, 0.3) is 10.1 Å². The van der Waals surface area contributed by atoms with E-state index in [-0.39, 0.29) is 4.90 Å². The lowest BCUT2D eigenvalue weighted by molar-refractivity contribution is 0.414. The Morgan fingerprint density at radius 2 is 1.34 bits per heavy atom. The first kappa shape index (κ1) is 23.0. The number of benzene rings is 3. The molecule has 0 bridgehead atoms. The quantitative estimate of drug-likeness (QED) is 0.327. The minimum absolute atomic E-state index is 0.213. The van der Waals surface area contributed by atoms with Crippen molar-refractivity contribution in [1.82, 2.24) is 0 Å². The Hall–Kier alpha value is -3.63. The average molecular weight is 455 g/mol. The maximum absolute atomic E-state index is 11.1. The van der Waals surface area contributed by atoms with E-state index >= 15 is 0 Å². The van der Waals surface area contributed by atoms with E-state index in [1.807, 2.05) is 26.0 Å². The van der Waals surface area contributed by atoms with Gasteiger partial charge in [0.1, 0.15) is 17.2 Å². The minimum atomic E-state index is -4.25. The van der Waals surface area contributed by atoms with Crippen molar-refractivity contribution in [3.8, 4) is 11.5 Å². The van der Waals surface area contributed by atoms with Gasteiger partial charge < -0.3 is 9.47 Å². The van der Waals surface area contributed by atoms with Crippen molar-refractivity contribution in [3.05, 3.63) is 65.7 Å². The molecule has 0 aromatic heterocycles. The first-order valence-electron chi connectivity index (χ1n) is 9.45. The third-order valence-corrected chi connectivity index (χ3v) is 5.45. The summed E-state index contributed by atoms with van der Waals surface area (Å²) in [6.45, 7) is 3.79. The van der Waals surface area contributed by atoms with Gasteiger partial charge in [-0.3, -0.25) is 4.55 Å². The third kappa shape index (κ3) is 5.54.